The Bertz CT molecular complexity index is 649. The molecule has 0 bridgehead atoms. The van der Waals surface area contributed by atoms with Crippen LogP contribution in [0.15, 0.2) is 28.9 Å². The predicted octanol–water partition coefficient (Wildman–Crippen LogP) is 2.28. The number of hydrogen-bond acceptors (Lipinski definition) is 7. The Morgan fingerprint density at radius 2 is 2.32 bits per heavy atom. The molecule has 2 rings (SSSR count). The first-order chi connectivity index (χ1) is 10.7. The average Bonchev–Trinajstić information content (AvgIpc) is 3.15. The van der Waals surface area contributed by atoms with Crippen molar-refractivity contribution in [1.82, 2.24) is 10.2 Å². The molecule has 0 aromatic carbocycles. The number of aryl methyl sites for hydroxylation is 1. The number of esters is 1. The second-order valence-electron chi connectivity index (χ2n) is 4.26. The Hall–Kier alpha value is -2.48. The third-order valence-corrected chi connectivity index (χ3v) is 3.35. The molecular weight excluding hydrogens is 306 g/mol. The van der Waals surface area contributed by atoms with Gasteiger partial charge in [0.1, 0.15) is 10.8 Å². The first-order valence-electron chi connectivity index (χ1n) is 6.68. The van der Waals surface area contributed by atoms with Crippen LogP contribution < -0.4 is 5.32 Å². The highest BCUT2D eigenvalue weighted by molar-refractivity contribution is 7.15. The molecule has 0 aliphatic carbocycles. The van der Waals surface area contributed by atoms with Gasteiger partial charge >= 0.3 is 5.97 Å². The minimum atomic E-state index is -0.629. The smallest absolute Gasteiger partial charge is 0.331 e. The molecule has 116 valence electrons. The molecule has 0 spiro atoms. The maximum Gasteiger partial charge on any atom is 0.331 e. The molecule has 0 aliphatic heterocycles. The second kappa shape index (κ2) is 8.08. The number of aromatic nitrogens is 2. The Balaban J connectivity index is 1.73. The van der Waals surface area contributed by atoms with Gasteiger partial charge in [0.25, 0.3) is 5.91 Å². The standard InChI is InChI=1S/C14H15N3O4S/c1-2-4-12-16-17-14(22-12)15-11(18)9-21-13(19)7-6-10-5-3-8-20-10/h3,5-8H,2,4,9H2,1H3,(H,15,17,18)/b7-6+. The lowest BCUT2D eigenvalue weighted by Gasteiger charge is -2.01. The van der Waals surface area contributed by atoms with Crippen molar-refractivity contribution in [3.63, 3.8) is 0 Å². The molecule has 1 N–H and O–H groups in total. The fourth-order valence-electron chi connectivity index (χ4n) is 1.50. The SMILES string of the molecule is CCCc1nnc(NC(=O)COC(=O)/C=C/c2ccco2)s1. The molecule has 0 fully saturated rings. The lowest BCUT2D eigenvalue weighted by Crippen LogP contribution is -2.20. The molecule has 2 aromatic rings. The number of hydrogen-bond donors (Lipinski definition) is 1. The lowest BCUT2D eigenvalue weighted by atomic mass is 10.4. The molecule has 1 amide bonds. The fourth-order valence-corrected chi connectivity index (χ4v) is 2.35. The zero-order chi connectivity index (χ0) is 15.8. The van der Waals surface area contributed by atoms with Crippen molar-refractivity contribution in [2.24, 2.45) is 0 Å². The number of nitrogens with one attached hydrogen (secondary N) is 1. The number of ether oxygens (including phenoxy) is 1. The van der Waals surface area contributed by atoms with Crippen molar-refractivity contribution >= 4 is 34.4 Å². The Labute approximate surface area is 131 Å². The summed E-state index contributed by atoms with van der Waals surface area (Å²) in [7, 11) is 0. The maximum atomic E-state index is 11.6. The van der Waals surface area contributed by atoms with E-state index in [4.69, 9.17) is 9.15 Å². The number of rotatable bonds is 7. The average molecular weight is 321 g/mol. The van der Waals surface area contributed by atoms with Crippen LogP contribution in [0, 0.1) is 0 Å². The Morgan fingerprint density at radius 3 is 3.05 bits per heavy atom. The molecule has 0 unspecified atom stereocenters. The van der Waals surface area contributed by atoms with E-state index >= 15 is 0 Å². The van der Waals surface area contributed by atoms with Crippen molar-refractivity contribution < 1.29 is 18.7 Å². The third kappa shape index (κ3) is 5.13. The fraction of sp³-hybridized carbons (Fsp3) is 0.286. The quantitative estimate of drug-likeness (QED) is 0.621. The summed E-state index contributed by atoms with van der Waals surface area (Å²) in [6.07, 6.45) is 5.92. The zero-order valence-corrected chi connectivity index (χ0v) is 12.8. The van der Waals surface area contributed by atoms with E-state index in [0.717, 1.165) is 17.8 Å². The van der Waals surface area contributed by atoms with Crippen LogP contribution in [-0.2, 0) is 20.7 Å². The van der Waals surface area contributed by atoms with E-state index in [-0.39, 0.29) is 6.61 Å². The van der Waals surface area contributed by atoms with Crippen LogP contribution in [0.3, 0.4) is 0 Å². The first kappa shape index (κ1) is 15.9. The lowest BCUT2D eigenvalue weighted by molar-refractivity contribution is -0.142. The molecule has 0 aliphatic rings. The van der Waals surface area contributed by atoms with Crippen LogP contribution in [0.2, 0.25) is 0 Å². The summed E-state index contributed by atoms with van der Waals surface area (Å²) in [5.41, 5.74) is 0. The maximum absolute atomic E-state index is 11.6. The number of nitrogens with zero attached hydrogens (tertiary/aromatic N) is 2. The normalized spacial score (nSPS) is 10.8. The van der Waals surface area contributed by atoms with Gasteiger partial charge in [-0.05, 0) is 24.6 Å². The van der Waals surface area contributed by atoms with Crippen molar-refractivity contribution in [3.05, 3.63) is 35.2 Å². The van der Waals surface area contributed by atoms with Gasteiger partial charge in [-0.1, -0.05) is 18.3 Å². The van der Waals surface area contributed by atoms with Gasteiger partial charge in [-0.2, -0.15) is 0 Å². The number of amides is 1. The number of carbonyl (C=O) groups excluding carboxylic acids is 2. The van der Waals surface area contributed by atoms with Crippen LogP contribution >= 0.6 is 11.3 Å². The predicted molar refractivity (Wildman–Crippen MR) is 81.2 cm³/mol. The van der Waals surface area contributed by atoms with E-state index in [0.29, 0.717) is 10.9 Å². The van der Waals surface area contributed by atoms with E-state index < -0.39 is 11.9 Å². The molecule has 8 heteroatoms. The summed E-state index contributed by atoms with van der Waals surface area (Å²) in [6, 6.07) is 3.40. The summed E-state index contributed by atoms with van der Waals surface area (Å²) in [4.78, 5) is 23.1. The van der Waals surface area contributed by atoms with Crippen LogP contribution in [0.5, 0.6) is 0 Å². The van der Waals surface area contributed by atoms with Gasteiger partial charge in [0, 0.05) is 12.5 Å². The zero-order valence-electron chi connectivity index (χ0n) is 11.9. The summed E-state index contributed by atoms with van der Waals surface area (Å²) in [5, 5.41) is 11.6. The molecule has 2 aromatic heterocycles. The summed E-state index contributed by atoms with van der Waals surface area (Å²) in [5.74, 6) is -0.562. The number of carbonyl (C=O) groups is 2. The molecular formula is C14H15N3O4S. The van der Waals surface area contributed by atoms with E-state index in [1.807, 2.05) is 6.92 Å². The van der Waals surface area contributed by atoms with Gasteiger partial charge in [-0.3, -0.25) is 10.1 Å². The highest BCUT2D eigenvalue weighted by Gasteiger charge is 2.09. The minimum Gasteiger partial charge on any atom is -0.465 e. The topological polar surface area (TPSA) is 94.3 Å². The number of furan rings is 1. The van der Waals surface area contributed by atoms with Crippen LogP contribution in [0.25, 0.3) is 6.08 Å². The second-order valence-corrected chi connectivity index (χ2v) is 5.32. The molecule has 7 nitrogen and oxygen atoms in total. The molecule has 2 heterocycles. The van der Waals surface area contributed by atoms with E-state index in [1.165, 1.54) is 29.8 Å². The van der Waals surface area contributed by atoms with Crippen molar-refractivity contribution in [2.45, 2.75) is 19.8 Å². The Kier molecular flexibility index (Phi) is 5.84. The molecule has 0 saturated heterocycles. The van der Waals surface area contributed by atoms with E-state index in [2.05, 4.69) is 15.5 Å². The van der Waals surface area contributed by atoms with Gasteiger partial charge in [0.15, 0.2) is 6.61 Å². The van der Waals surface area contributed by atoms with Gasteiger partial charge in [0.2, 0.25) is 5.13 Å². The molecule has 0 saturated carbocycles. The molecule has 0 atom stereocenters. The summed E-state index contributed by atoms with van der Waals surface area (Å²) < 4.78 is 9.83. The van der Waals surface area contributed by atoms with Crippen molar-refractivity contribution in [3.8, 4) is 0 Å². The highest BCUT2D eigenvalue weighted by atomic mass is 32.1. The third-order valence-electron chi connectivity index (χ3n) is 2.45. The highest BCUT2D eigenvalue weighted by Crippen LogP contribution is 2.16. The van der Waals surface area contributed by atoms with Crippen molar-refractivity contribution in [1.29, 1.82) is 0 Å². The van der Waals surface area contributed by atoms with Crippen LogP contribution in [0.1, 0.15) is 24.1 Å². The van der Waals surface area contributed by atoms with Crippen LogP contribution in [-0.4, -0.2) is 28.7 Å². The van der Waals surface area contributed by atoms with Gasteiger partial charge in [0.05, 0.1) is 6.26 Å². The molecule has 22 heavy (non-hydrogen) atoms. The molecule has 0 radical (unpaired) electrons. The van der Waals surface area contributed by atoms with Gasteiger partial charge in [-0.15, -0.1) is 10.2 Å². The first-order valence-corrected chi connectivity index (χ1v) is 7.49. The Morgan fingerprint density at radius 1 is 1.45 bits per heavy atom. The minimum absolute atomic E-state index is 0.385. The summed E-state index contributed by atoms with van der Waals surface area (Å²) >= 11 is 1.31. The number of anilines is 1. The van der Waals surface area contributed by atoms with Crippen LogP contribution in [0.4, 0.5) is 5.13 Å². The monoisotopic (exact) mass is 321 g/mol. The van der Waals surface area contributed by atoms with E-state index in [9.17, 15) is 9.59 Å². The largest absolute Gasteiger partial charge is 0.465 e. The van der Waals surface area contributed by atoms with Gasteiger partial charge in [-0.25, -0.2) is 4.79 Å². The van der Waals surface area contributed by atoms with Gasteiger partial charge < -0.3 is 9.15 Å². The van der Waals surface area contributed by atoms with E-state index in [1.54, 1.807) is 12.1 Å². The summed E-state index contributed by atoms with van der Waals surface area (Å²) in [6.45, 7) is 1.65. The van der Waals surface area contributed by atoms with Crippen molar-refractivity contribution in [2.75, 3.05) is 11.9 Å².